The monoisotopic (exact) mass is 421 g/mol. The number of ether oxygens (including phenoxy) is 4. The van der Waals surface area contributed by atoms with Gasteiger partial charge in [-0.25, -0.2) is 4.79 Å². The molecule has 7 heteroatoms. The van der Waals surface area contributed by atoms with Gasteiger partial charge in [0.05, 0.1) is 19.1 Å². The van der Waals surface area contributed by atoms with E-state index in [1.165, 1.54) is 0 Å². The van der Waals surface area contributed by atoms with Crippen LogP contribution in [0.4, 0.5) is 4.79 Å². The lowest BCUT2D eigenvalue weighted by Gasteiger charge is -2.43. The Bertz CT molecular complexity index is 714. The largest absolute Gasteiger partial charge is 0.491 e. The summed E-state index contributed by atoms with van der Waals surface area (Å²) in [5.74, 6) is -0.132. The van der Waals surface area contributed by atoms with Crippen LogP contribution in [-0.2, 0) is 19.0 Å². The number of carbonyl (C=O) groups is 2. The number of likely N-dealkylation sites (tertiary alicyclic amines) is 1. The van der Waals surface area contributed by atoms with Gasteiger partial charge in [-0.3, -0.25) is 4.79 Å². The zero-order valence-corrected chi connectivity index (χ0v) is 19.0. The summed E-state index contributed by atoms with van der Waals surface area (Å²) in [4.78, 5) is 27.2. The summed E-state index contributed by atoms with van der Waals surface area (Å²) in [6.07, 6.45) is 0.230. The summed E-state index contributed by atoms with van der Waals surface area (Å²) >= 11 is 0. The van der Waals surface area contributed by atoms with Gasteiger partial charge in [-0.2, -0.15) is 0 Å². The predicted octanol–water partition coefficient (Wildman–Crippen LogP) is 4.00. The van der Waals surface area contributed by atoms with Crippen LogP contribution < -0.4 is 4.74 Å². The highest BCUT2D eigenvalue weighted by atomic mass is 16.6. The molecule has 2 rings (SSSR count). The van der Waals surface area contributed by atoms with Crippen molar-refractivity contribution in [1.82, 2.24) is 4.90 Å². The number of esters is 1. The van der Waals surface area contributed by atoms with E-state index in [0.717, 1.165) is 11.3 Å². The van der Waals surface area contributed by atoms with Gasteiger partial charge in [0.1, 0.15) is 18.0 Å². The average Bonchev–Trinajstić information content (AvgIpc) is 2.66. The summed E-state index contributed by atoms with van der Waals surface area (Å²) in [5, 5.41) is 0. The summed E-state index contributed by atoms with van der Waals surface area (Å²) in [5.41, 5.74) is 0.402. The summed E-state index contributed by atoms with van der Waals surface area (Å²) < 4.78 is 21.7. The number of hydrogen-bond acceptors (Lipinski definition) is 6. The lowest BCUT2D eigenvalue weighted by molar-refractivity contribution is -0.152. The lowest BCUT2D eigenvalue weighted by Crippen LogP contribution is -2.53. The number of piperidine rings is 1. The molecule has 0 radical (unpaired) electrons. The van der Waals surface area contributed by atoms with Crippen molar-refractivity contribution in [1.29, 1.82) is 0 Å². The SMILES string of the molecule is CCOC(=O)C1C(c2cccc(OCCOC)c2)CCN(C(=O)OC(C)(C)C)C1C. The molecule has 0 saturated carbocycles. The predicted molar refractivity (Wildman–Crippen MR) is 114 cm³/mol. The molecule has 3 unspecified atom stereocenters. The van der Waals surface area contributed by atoms with Gasteiger partial charge < -0.3 is 23.8 Å². The van der Waals surface area contributed by atoms with Crippen molar-refractivity contribution in [2.24, 2.45) is 5.92 Å². The zero-order chi connectivity index (χ0) is 22.3. The fourth-order valence-electron chi connectivity index (χ4n) is 3.82. The second kappa shape index (κ2) is 10.7. The summed E-state index contributed by atoms with van der Waals surface area (Å²) in [6.45, 7) is 10.9. The Morgan fingerprint density at radius 3 is 2.57 bits per heavy atom. The van der Waals surface area contributed by atoms with Crippen molar-refractivity contribution in [2.45, 2.75) is 58.6 Å². The van der Waals surface area contributed by atoms with Gasteiger partial charge in [-0.15, -0.1) is 0 Å². The molecular formula is C23H35NO6. The van der Waals surface area contributed by atoms with Crippen LogP contribution in [0.15, 0.2) is 24.3 Å². The van der Waals surface area contributed by atoms with Gasteiger partial charge in [0.25, 0.3) is 0 Å². The van der Waals surface area contributed by atoms with Crippen LogP contribution in [0.1, 0.15) is 52.5 Å². The normalized spacial score (nSPS) is 21.8. The van der Waals surface area contributed by atoms with Crippen LogP contribution in [0.5, 0.6) is 5.75 Å². The Labute approximate surface area is 179 Å². The third-order valence-corrected chi connectivity index (χ3v) is 5.16. The molecule has 7 nitrogen and oxygen atoms in total. The lowest BCUT2D eigenvalue weighted by atomic mass is 9.76. The van der Waals surface area contributed by atoms with E-state index in [0.29, 0.717) is 32.8 Å². The molecule has 1 aromatic rings. The van der Waals surface area contributed by atoms with E-state index in [9.17, 15) is 9.59 Å². The molecule has 30 heavy (non-hydrogen) atoms. The van der Waals surface area contributed by atoms with E-state index in [2.05, 4.69) is 0 Å². The fourth-order valence-corrected chi connectivity index (χ4v) is 3.82. The molecular weight excluding hydrogens is 386 g/mol. The standard InChI is InChI=1S/C23H35NO6/c1-7-28-21(25)20-16(2)24(22(26)30-23(3,4)5)12-11-19(20)17-9-8-10-18(15-17)29-14-13-27-6/h8-10,15-16,19-20H,7,11-14H2,1-6H3. The minimum absolute atomic E-state index is 0.0799. The molecule has 168 valence electrons. The van der Waals surface area contributed by atoms with Gasteiger partial charge in [-0.1, -0.05) is 12.1 Å². The highest BCUT2D eigenvalue weighted by Gasteiger charge is 2.44. The number of methoxy groups -OCH3 is 1. The molecule has 0 N–H and O–H groups in total. The summed E-state index contributed by atoms with van der Waals surface area (Å²) in [7, 11) is 1.63. The molecule has 1 fully saturated rings. The first-order valence-electron chi connectivity index (χ1n) is 10.6. The molecule has 1 aromatic carbocycles. The van der Waals surface area contributed by atoms with E-state index in [1.54, 1.807) is 18.9 Å². The number of nitrogens with zero attached hydrogens (tertiary/aromatic N) is 1. The van der Waals surface area contributed by atoms with Crippen molar-refractivity contribution in [3.05, 3.63) is 29.8 Å². The number of amides is 1. The first-order chi connectivity index (χ1) is 14.2. The van der Waals surface area contributed by atoms with Crippen LogP contribution >= 0.6 is 0 Å². The highest BCUT2D eigenvalue weighted by Crippen LogP contribution is 2.39. The first kappa shape index (κ1) is 24.0. The number of rotatable bonds is 7. The van der Waals surface area contributed by atoms with Crippen LogP contribution in [0.2, 0.25) is 0 Å². The smallest absolute Gasteiger partial charge is 0.410 e. The third kappa shape index (κ3) is 6.36. The molecule has 1 aliphatic rings. The van der Waals surface area contributed by atoms with Crippen molar-refractivity contribution in [2.75, 3.05) is 33.5 Å². The van der Waals surface area contributed by atoms with Gasteiger partial charge in [-0.05, 0) is 58.7 Å². The third-order valence-electron chi connectivity index (χ3n) is 5.16. The number of hydrogen-bond donors (Lipinski definition) is 0. The maximum Gasteiger partial charge on any atom is 0.410 e. The minimum Gasteiger partial charge on any atom is -0.491 e. The fraction of sp³-hybridized carbons (Fsp3) is 0.652. The number of benzene rings is 1. The number of carbonyl (C=O) groups excluding carboxylic acids is 2. The Kier molecular flexibility index (Phi) is 8.53. The highest BCUT2D eigenvalue weighted by molar-refractivity contribution is 5.77. The van der Waals surface area contributed by atoms with Crippen molar-refractivity contribution >= 4 is 12.1 Å². The van der Waals surface area contributed by atoms with E-state index < -0.39 is 17.6 Å². The Morgan fingerprint density at radius 2 is 1.93 bits per heavy atom. The molecule has 0 aliphatic carbocycles. The van der Waals surface area contributed by atoms with Crippen LogP contribution in [0.3, 0.4) is 0 Å². The second-order valence-electron chi connectivity index (χ2n) is 8.50. The van der Waals surface area contributed by atoms with Crippen molar-refractivity contribution in [3.63, 3.8) is 0 Å². The zero-order valence-electron chi connectivity index (χ0n) is 19.0. The van der Waals surface area contributed by atoms with Crippen molar-refractivity contribution < 1.29 is 28.5 Å². The Balaban J connectivity index is 2.26. The average molecular weight is 422 g/mol. The molecule has 1 amide bonds. The minimum atomic E-state index is -0.596. The maximum atomic E-state index is 12.9. The van der Waals surface area contributed by atoms with E-state index in [1.807, 2.05) is 52.0 Å². The van der Waals surface area contributed by atoms with Gasteiger partial charge >= 0.3 is 12.1 Å². The molecule has 3 atom stereocenters. The molecule has 1 heterocycles. The van der Waals surface area contributed by atoms with E-state index in [4.69, 9.17) is 18.9 Å². The molecule has 1 saturated heterocycles. The quantitative estimate of drug-likeness (QED) is 0.489. The van der Waals surface area contributed by atoms with E-state index in [-0.39, 0.29) is 17.9 Å². The molecule has 1 aliphatic heterocycles. The second-order valence-corrected chi connectivity index (χ2v) is 8.50. The van der Waals surface area contributed by atoms with Gasteiger partial charge in [0.2, 0.25) is 0 Å². The maximum absolute atomic E-state index is 12.9. The van der Waals surface area contributed by atoms with Crippen LogP contribution in [0, 0.1) is 5.92 Å². The summed E-state index contributed by atoms with van der Waals surface area (Å²) in [6, 6.07) is 7.41. The van der Waals surface area contributed by atoms with Gasteiger partial charge in [0.15, 0.2) is 0 Å². The van der Waals surface area contributed by atoms with E-state index >= 15 is 0 Å². The van der Waals surface area contributed by atoms with Crippen LogP contribution in [-0.4, -0.2) is 62.1 Å². The Hall–Kier alpha value is -2.28. The molecule has 0 bridgehead atoms. The topological polar surface area (TPSA) is 74.3 Å². The first-order valence-corrected chi connectivity index (χ1v) is 10.6. The van der Waals surface area contributed by atoms with Crippen LogP contribution in [0.25, 0.3) is 0 Å². The molecule has 0 aromatic heterocycles. The van der Waals surface area contributed by atoms with Gasteiger partial charge in [0, 0.05) is 25.6 Å². The Morgan fingerprint density at radius 1 is 1.20 bits per heavy atom. The van der Waals surface area contributed by atoms with Crippen molar-refractivity contribution in [3.8, 4) is 5.75 Å². The molecule has 0 spiro atoms.